The molecule has 0 aliphatic heterocycles. The lowest BCUT2D eigenvalue weighted by atomic mass is 10.1. The van der Waals surface area contributed by atoms with Crippen molar-refractivity contribution in [2.75, 3.05) is 11.9 Å². The molecule has 1 unspecified atom stereocenters. The molecule has 2 nitrogen and oxygen atoms in total. The lowest BCUT2D eigenvalue weighted by Crippen LogP contribution is -2.24. The van der Waals surface area contributed by atoms with Crippen LogP contribution in [0.4, 0.5) is 10.2 Å². The summed E-state index contributed by atoms with van der Waals surface area (Å²) in [7, 11) is 1.94. The first-order valence-electron chi connectivity index (χ1n) is 6.53. The van der Waals surface area contributed by atoms with E-state index in [1.807, 2.05) is 44.1 Å². The summed E-state index contributed by atoms with van der Waals surface area (Å²) in [6, 6.07) is 8.91. The summed E-state index contributed by atoms with van der Waals surface area (Å²) in [5, 5.41) is 0.785. The Kier molecular flexibility index (Phi) is 4.76. The van der Waals surface area contributed by atoms with Crippen LogP contribution in [-0.2, 0) is 5.33 Å². The van der Waals surface area contributed by atoms with Gasteiger partial charge in [0.1, 0.15) is 11.6 Å². The van der Waals surface area contributed by atoms with E-state index in [1.54, 1.807) is 6.07 Å². The highest BCUT2D eigenvalue weighted by molar-refractivity contribution is 9.08. The van der Waals surface area contributed by atoms with Crippen LogP contribution in [0.15, 0.2) is 36.5 Å². The van der Waals surface area contributed by atoms with E-state index in [-0.39, 0.29) is 11.9 Å². The first-order valence-corrected chi connectivity index (χ1v) is 7.65. The lowest BCUT2D eigenvalue weighted by molar-refractivity contribution is 0.584. The van der Waals surface area contributed by atoms with Gasteiger partial charge in [-0.15, -0.1) is 0 Å². The minimum absolute atomic E-state index is 0.0720. The van der Waals surface area contributed by atoms with Crippen molar-refractivity contribution in [3.8, 4) is 0 Å². The summed E-state index contributed by atoms with van der Waals surface area (Å²) in [5.41, 5.74) is 2.91. The van der Waals surface area contributed by atoms with E-state index in [1.165, 1.54) is 6.07 Å². The monoisotopic (exact) mass is 336 g/mol. The molecule has 0 bridgehead atoms. The van der Waals surface area contributed by atoms with Gasteiger partial charge in [-0.2, -0.15) is 0 Å². The number of nitrogens with zero attached hydrogens (tertiary/aromatic N) is 2. The van der Waals surface area contributed by atoms with Gasteiger partial charge >= 0.3 is 0 Å². The van der Waals surface area contributed by atoms with Crippen molar-refractivity contribution in [2.45, 2.75) is 25.2 Å². The average molecular weight is 337 g/mol. The van der Waals surface area contributed by atoms with Crippen molar-refractivity contribution in [3.63, 3.8) is 0 Å². The summed E-state index contributed by atoms with van der Waals surface area (Å²) >= 11 is 3.43. The number of hydrogen-bond acceptors (Lipinski definition) is 2. The Hall–Kier alpha value is -1.42. The molecule has 4 heteroatoms. The number of anilines is 1. The first kappa shape index (κ1) is 15.0. The highest BCUT2D eigenvalue weighted by Gasteiger charge is 2.18. The molecule has 0 N–H and O–H groups in total. The molecule has 106 valence electrons. The second-order valence-electron chi connectivity index (χ2n) is 4.93. The van der Waals surface area contributed by atoms with Crippen LogP contribution in [0.3, 0.4) is 0 Å². The molecule has 1 aromatic heterocycles. The SMILES string of the molecule is Cc1cc(CBr)cnc1N(C)C(C)c1ccccc1F. The van der Waals surface area contributed by atoms with Gasteiger partial charge in [-0.3, -0.25) is 0 Å². The minimum Gasteiger partial charge on any atom is -0.353 e. The van der Waals surface area contributed by atoms with Gasteiger partial charge in [-0.25, -0.2) is 9.37 Å². The van der Waals surface area contributed by atoms with Crippen LogP contribution in [-0.4, -0.2) is 12.0 Å². The molecule has 1 atom stereocenters. The Balaban J connectivity index is 2.31. The van der Waals surface area contributed by atoms with Crippen LogP contribution in [0, 0.1) is 12.7 Å². The standard InChI is InChI=1S/C16H18BrFN2/c1-11-8-13(9-17)10-19-16(11)20(3)12(2)14-6-4-5-7-15(14)18/h4-8,10,12H,9H2,1-3H3. The second-order valence-corrected chi connectivity index (χ2v) is 5.49. The Morgan fingerprint density at radius 3 is 2.65 bits per heavy atom. The summed E-state index contributed by atoms with van der Waals surface area (Å²) in [4.78, 5) is 6.50. The highest BCUT2D eigenvalue weighted by atomic mass is 79.9. The van der Waals surface area contributed by atoms with Crippen LogP contribution < -0.4 is 4.90 Å². The van der Waals surface area contributed by atoms with Crippen molar-refractivity contribution >= 4 is 21.7 Å². The Morgan fingerprint density at radius 2 is 2.05 bits per heavy atom. The third-order valence-corrected chi connectivity index (χ3v) is 4.18. The molecule has 0 saturated heterocycles. The molecule has 1 aromatic carbocycles. The summed E-state index contributed by atoms with van der Waals surface area (Å²) < 4.78 is 13.9. The molecule has 0 aliphatic carbocycles. The van der Waals surface area contributed by atoms with E-state index in [0.717, 1.165) is 22.3 Å². The number of rotatable bonds is 4. The normalized spacial score (nSPS) is 12.2. The number of alkyl halides is 1. The van der Waals surface area contributed by atoms with E-state index in [2.05, 4.69) is 27.0 Å². The molecule has 0 amide bonds. The highest BCUT2D eigenvalue weighted by Crippen LogP contribution is 2.28. The van der Waals surface area contributed by atoms with E-state index in [0.29, 0.717) is 5.56 Å². The van der Waals surface area contributed by atoms with Gasteiger partial charge in [0.05, 0.1) is 6.04 Å². The fourth-order valence-electron chi connectivity index (χ4n) is 2.27. The number of aryl methyl sites for hydroxylation is 1. The van der Waals surface area contributed by atoms with Crippen LogP contribution >= 0.6 is 15.9 Å². The smallest absolute Gasteiger partial charge is 0.131 e. The molecule has 0 fully saturated rings. The van der Waals surface area contributed by atoms with Crippen LogP contribution in [0.1, 0.15) is 29.7 Å². The number of pyridine rings is 1. The van der Waals surface area contributed by atoms with Crippen molar-refractivity contribution in [2.24, 2.45) is 0 Å². The molecular formula is C16H18BrFN2. The fourth-order valence-corrected chi connectivity index (χ4v) is 2.58. The Morgan fingerprint density at radius 1 is 1.35 bits per heavy atom. The van der Waals surface area contributed by atoms with Gasteiger partial charge in [0, 0.05) is 24.1 Å². The van der Waals surface area contributed by atoms with Gasteiger partial charge in [0.25, 0.3) is 0 Å². The van der Waals surface area contributed by atoms with Crippen molar-refractivity contribution in [3.05, 3.63) is 59.0 Å². The van der Waals surface area contributed by atoms with Gasteiger partial charge < -0.3 is 4.90 Å². The van der Waals surface area contributed by atoms with Crippen molar-refractivity contribution in [1.29, 1.82) is 0 Å². The quantitative estimate of drug-likeness (QED) is 0.757. The molecule has 2 rings (SSSR count). The zero-order chi connectivity index (χ0) is 14.7. The maximum atomic E-state index is 13.9. The van der Waals surface area contributed by atoms with Crippen molar-refractivity contribution < 1.29 is 4.39 Å². The molecular weight excluding hydrogens is 319 g/mol. The summed E-state index contributed by atoms with van der Waals surface area (Å²) in [6.45, 7) is 4.01. The maximum absolute atomic E-state index is 13.9. The average Bonchev–Trinajstić information content (AvgIpc) is 2.46. The third kappa shape index (κ3) is 3.01. The van der Waals surface area contributed by atoms with Crippen LogP contribution in [0.5, 0.6) is 0 Å². The van der Waals surface area contributed by atoms with E-state index in [4.69, 9.17) is 0 Å². The zero-order valence-electron chi connectivity index (χ0n) is 11.9. The molecule has 20 heavy (non-hydrogen) atoms. The third-order valence-electron chi connectivity index (χ3n) is 3.53. The molecule has 0 aliphatic rings. The topological polar surface area (TPSA) is 16.1 Å². The predicted molar refractivity (Wildman–Crippen MR) is 84.8 cm³/mol. The molecule has 0 spiro atoms. The Bertz CT molecular complexity index is 601. The number of halogens is 2. The maximum Gasteiger partial charge on any atom is 0.131 e. The number of benzene rings is 1. The molecule has 2 aromatic rings. The predicted octanol–water partition coefficient (Wildman–Crippen LogP) is 4.62. The molecule has 1 heterocycles. The van der Waals surface area contributed by atoms with Crippen molar-refractivity contribution in [1.82, 2.24) is 4.98 Å². The van der Waals surface area contributed by atoms with E-state index >= 15 is 0 Å². The summed E-state index contributed by atoms with van der Waals surface area (Å²) in [6.07, 6.45) is 1.85. The van der Waals surface area contributed by atoms with Gasteiger partial charge in [-0.1, -0.05) is 40.2 Å². The number of hydrogen-bond donors (Lipinski definition) is 0. The molecule has 0 radical (unpaired) electrons. The van der Waals surface area contributed by atoms with Gasteiger partial charge in [-0.05, 0) is 31.0 Å². The summed E-state index contributed by atoms with van der Waals surface area (Å²) in [5.74, 6) is 0.701. The molecule has 0 saturated carbocycles. The minimum atomic E-state index is -0.179. The zero-order valence-corrected chi connectivity index (χ0v) is 13.5. The van der Waals surface area contributed by atoms with E-state index < -0.39 is 0 Å². The second kappa shape index (κ2) is 6.35. The van der Waals surface area contributed by atoms with Crippen LogP contribution in [0.2, 0.25) is 0 Å². The largest absolute Gasteiger partial charge is 0.353 e. The fraction of sp³-hybridized carbons (Fsp3) is 0.312. The lowest BCUT2D eigenvalue weighted by Gasteiger charge is -2.28. The van der Waals surface area contributed by atoms with Gasteiger partial charge in [0.15, 0.2) is 0 Å². The Labute approximate surface area is 127 Å². The van der Waals surface area contributed by atoms with E-state index in [9.17, 15) is 4.39 Å². The van der Waals surface area contributed by atoms with Crippen LogP contribution in [0.25, 0.3) is 0 Å². The van der Waals surface area contributed by atoms with Gasteiger partial charge in [0.2, 0.25) is 0 Å². The number of aromatic nitrogens is 1. The first-order chi connectivity index (χ1) is 9.54.